The monoisotopic (exact) mass is 173 g/mol. The second-order valence-electron chi connectivity index (χ2n) is 3.61. The van der Waals surface area contributed by atoms with E-state index < -0.39 is 0 Å². The Kier molecular flexibility index (Phi) is 7.51. The largest absolute Gasteiger partial charge is 0.392 e. The topological polar surface area (TPSA) is 32.3 Å². The number of hydrogen-bond donors (Lipinski definition) is 2. The SMILES string of the molecule is CCCNCC(O)CC(C)CC. The Labute approximate surface area is 76.4 Å². The zero-order valence-corrected chi connectivity index (χ0v) is 8.64. The summed E-state index contributed by atoms with van der Waals surface area (Å²) >= 11 is 0. The van der Waals surface area contributed by atoms with Crippen molar-refractivity contribution < 1.29 is 5.11 Å². The van der Waals surface area contributed by atoms with Crippen molar-refractivity contribution in [2.75, 3.05) is 13.1 Å². The van der Waals surface area contributed by atoms with Gasteiger partial charge in [-0.2, -0.15) is 0 Å². The number of hydrogen-bond acceptors (Lipinski definition) is 2. The van der Waals surface area contributed by atoms with Crippen LogP contribution >= 0.6 is 0 Å². The summed E-state index contributed by atoms with van der Waals surface area (Å²) in [5.41, 5.74) is 0. The van der Waals surface area contributed by atoms with Crippen LogP contribution in [0.3, 0.4) is 0 Å². The van der Waals surface area contributed by atoms with Crippen molar-refractivity contribution >= 4 is 0 Å². The van der Waals surface area contributed by atoms with Crippen LogP contribution in [0.4, 0.5) is 0 Å². The van der Waals surface area contributed by atoms with Gasteiger partial charge in [0.25, 0.3) is 0 Å². The summed E-state index contributed by atoms with van der Waals surface area (Å²) in [6, 6.07) is 0. The van der Waals surface area contributed by atoms with Crippen molar-refractivity contribution in [3.05, 3.63) is 0 Å². The molecule has 0 heterocycles. The first-order valence-corrected chi connectivity index (χ1v) is 5.09. The van der Waals surface area contributed by atoms with Crippen molar-refractivity contribution in [1.82, 2.24) is 5.32 Å². The van der Waals surface area contributed by atoms with E-state index in [9.17, 15) is 5.11 Å². The van der Waals surface area contributed by atoms with E-state index in [1.165, 1.54) is 0 Å². The van der Waals surface area contributed by atoms with Crippen LogP contribution in [0, 0.1) is 5.92 Å². The molecule has 0 spiro atoms. The molecule has 2 nitrogen and oxygen atoms in total. The van der Waals surface area contributed by atoms with E-state index in [0.717, 1.165) is 32.4 Å². The molecular weight excluding hydrogens is 150 g/mol. The highest BCUT2D eigenvalue weighted by molar-refractivity contribution is 4.62. The van der Waals surface area contributed by atoms with E-state index in [2.05, 4.69) is 26.1 Å². The van der Waals surface area contributed by atoms with Crippen molar-refractivity contribution in [3.8, 4) is 0 Å². The highest BCUT2D eigenvalue weighted by Gasteiger charge is 2.07. The summed E-state index contributed by atoms with van der Waals surface area (Å²) < 4.78 is 0. The predicted molar refractivity (Wildman–Crippen MR) is 53.2 cm³/mol. The van der Waals surface area contributed by atoms with Gasteiger partial charge in [0.15, 0.2) is 0 Å². The first-order chi connectivity index (χ1) is 5.70. The molecule has 0 aromatic heterocycles. The average molecular weight is 173 g/mol. The number of aliphatic hydroxyl groups excluding tert-OH is 1. The van der Waals surface area contributed by atoms with E-state index in [1.807, 2.05) is 0 Å². The molecule has 0 saturated carbocycles. The minimum atomic E-state index is -0.161. The van der Waals surface area contributed by atoms with Gasteiger partial charge in [0, 0.05) is 6.54 Å². The highest BCUT2D eigenvalue weighted by atomic mass is 16.3. The van der Waals surface area contributed by atoms with Crippen LogP contribution in [0.1, 0.15) is 40.0 Å². The van der Waals surface area contributed by atoms with E-state index >= 15 is 0 Å². The smallest absolute Gasteiger partial charge is 0.0667 e. The van der Waals surface area contributed by atoms with Crippen LogP contribution in [0.15, 0.2) is 0 Å². The summed E-state index contributed by atoms with van der Waals surface area (Å²) in [6.45, 7) is 8.24. The third kappa shape index (κ3) is 6.62. The zero-order valence-electron chi connectivity index (χ0n) is 8.64. The maximum absolute atomic E-state index is 9.51. The third-order valence-electron chi connectivity index (χ3n) is 2.18. The van der Waals surface area contributed by atoms with Gasteiger partial charge in [0.2, 0.25) is 0 Å². The molecule has 0 saturated heterocycles. The van der Waals surface area contributed by atoms with Gasteiger partial charge in [-0.1, -0.05) is 27.2 Å². The van der Waals surface area contributed by atoms with Gasteiger partial charge in [-0.3, -0.25) is 0 Å². The fourth-order valence-corrected chi connectivity index (χ4v) is 1.16. The molecular formula is C10H23NO. The zero-order chi connectivity index (χ0) is 9.40. The minimum absolute atomic E-state index is 0.161. The van der Waals surface area contributed by atoms with Crippen LogP contribution in [-0.4, -0.2) is 24.3 Å². The van der Waals surface area contributed by atoms with Crippen LogP contribution in [0.2, 0.25) is 0 Å². The molecule has 0 aromatic rings. The normalized spacial score (nSPS) is 16.0. The predicted octanol–water partition coefficient (Wildman–Crippen LogP) is 1.78. The molecule has 2 atom stereocenters. The van der Waals surface area contributed by atoms with Crippen LogP contribution < -0.4 is 5.32 Å². The second kappa shape index (κ2) is 7.56. The van der Waals surface area contributed by atoms with Gasteiger partial charge in [-0.05, 0) is 25.3 Å². The van der Waals surface area contributed by atoms with E-state index in [4.69, 9.17) is 0 Å². The molecule has 0 radical (unpaired) electrons. The first kappa shape index (κ1) is 11.9. The summed E-state index contributed by atoms with van der Waals surface area (Å²) in [6.07, 6.45) is 3.06. The lowest BCUT2D eigenvalue weighted by atomic mass is 10.0. The quantitative estimate of drug-likeness (QED) is 0.575. The fraction of sp³-hybridized carbons (Fsp3) is 1.00. The Bertz CT molecular complexity index is 95.8. The number of rotatable bonds is 7. The van der Waals surface area contributed by atoms with Gasteiger partial charge in [-0.25, -0.2) is 0 Å². The summed E-state index contributed by atoms with van der Waals surface area (Å²) in [5, 5.41) is 12.7. The van der Waals surface area contributed by atoms with Gasteiger partial charge >= 0.3 is 0 Å². The van der Waals surface area contributed by atoms with Gasteiger partial charge in [-0.15, -0.1) is 0 Å². The van der Waals surface area contributed by atoms with Crippen molar-refractivity contribution in [2.24, 2.45) is 5.92 Å². The molecule has 2 N–H and O–H groups in total. The molecule has 0 aliphatic heterocycles. The van der Waals surface area contributed by atoms with E-state index in [1.54, 1.807) is 0 Å². The van der Waals surface area contributed by atoms with Crippen LogP contribution in [0.5, 0.6) is 0 Å². The lowest BCUT2D eigenvalue weighted by Crippen LogP contribution is -2.28. The number of nitrogens with one attached hydrogen (secondary N) is 1. The summed E-state index contributed by atoms with van der Waals surface area (Å²) in [4.78, 5) is 0. The number of aliphatic hydroxyl groups is 1. The Hall–Kier alpha value is -0.0800. The Morgan fingerprint density at radius 1 is 1.33 bits per heavy atom. The van der Waals surface area contributed by atoms with E-state index in [0.29, 0.717) is 5.92 Å². The fourth-order valence-electron chi connectivity index (χ4n) is 1.16. The Morgan fingerprint density at radius 3 is 2.50 bits per heavy atom. The van der Waals surface area contributed by atoms with Crippen LogP contribution in [0.25, 0.3) is 0 Å². The molecule has 74 valence electrons. The molecule has 0 rings (SSSR count). The van der Waals surface area contributed by atoms with Gasteiger partial charge in [0.1, 0.15) is 0 Å². The maximum Gasteiger partial charge on any atom is 0.0667 e. The molecule has 2 heteroatoms. The lowest BCUT2D eigenvalue weighted by molar-refractivity contribution is 0.142. The molecule has 0 amide bonds. The van der Waals surface area contributed by atoms with Crippen molar-refractivity contribution in [1.29, 1.82) is 0 Å². The molecule has 0 aromatic carbocycles. The van der Waals surface area contributed by atoms with Gasteiger partial charge in [0.05, 0.1) is 6.10 Å². The maximum atomic E-state index is 9.51. The third-order valence-corrected chi connectivity index (χ3v) is 2.18. The Balaban J connectivity index is 3.26. The van der Waals surface area contributed by atoms with Gasteiger partial charge < -0.3 is 10.4 Å². The second-order valence-corrected chi connectivity index (χ2v) is 3.61. The van der Waals surface area contributed by atoms with Crippen molar-refractivity contribution in [3.63, 3.8) is 0 Å². The Morgan fingerprint density at radius 2 is 2.00 bits per heavy atom. The van der Waals surface area contributed by atoms with Crippen LogP contribution in [-0.2, 0) is 0 Å². The molecule has 12 heavy (non-hydrogen) atoms. The van der Waals surface area contributed by atoms with E-state index in [-0.39, 0.29) is 6.10 Å². The lowest BCUT2D eigenvalue weighted by Gasteiger charge is -2.15. The first-order valence-electron chi connectivity index (χ1n) is 5.09. The van der Waals surface area contributed by atoms with Crippen molar-refractivity contribution in [2.45, 2.75) is 46.1 Å². The molecule has 0 fully saturated rings. The summed E-state index contributed by atoms with van der Waals surface area (Å²) in [5.74, 6) is 0.642. The molecule has 0 bridgehead atoms. The standard InChI is InChI=1S/C10H23NO/c1-4-6-11-8-10(12)7-9(3)5-2/h9-12H,4-8H2,1-3H3. The molecule has 0 aliphatic carbocycles. The molecule has 2 unspecified atom stereocenters. The average Bonchev–Trinajstić information content (AvgIpc) is 2.05. The molecule has 0 aliphatic rings. The summed E-state index contributed by atoms with van der Waals surface area (Å²) in [7, 11) is 0. The highest BCUT2D eigenvalue weighted by Crippen LogP contribution is 2.08. The minimum Gasteiger partial charge on any atom is -0.392 e.